The highest BCUT2D eigenvalue weighted by molar-refractivity contribution is 7.99. The van der Waals surface area contributed by atoms with Crippen molar-refractivity contribution in [3.63, 3.8) is 0 Å². The van der Waals surface area contributed by atoms with Gasteiger partial charge in [0, 0.05) is 11.0 Å². The fraction of sp³-hybridized carbons (Fsp3) is 0.889. The van der Waals surface area contributed by atoms with Crippen LogP contribution in [0.15, 0.2) is 0 Å². The van der Waals surface area contributed by atoms with Crippen molar-refractivity contribution >= 4 is 11.8 Å². The number of nitriles is 1. The molecule has 0 heterocycles. The molecule has 2 N–H and O–H groups in total. The van der Waals surface area contributed by atoms with Gasteiger partial charge in [0.05, 0.1) is 12.7 Å². The quantitative estimate of drug-likeness (QED) is 0.674. The minimum atomic E-state index is -0.443. The Morgan fingerprint density at radius 1 is 1.69 bits per heavy atom. The minimum Gasteiger partial charge on any atom is -0.396 e. The summed E-state index contributed by atoms with van der Waals surface area (Å²) in [5, 5.41) is 20.9. The van der Waals surface area contributed by atoms with Crippen molar-refractivity contribution in [2.45, 2.75) is 31.1 Å². The van der Waals surface area contributed by atoms with Gasteiger partial charge < -0.3 is 10.4 Å². The Morgan fingerprint density at radius 2 is 2.31 bits per heavy atom. The molecule has 0 aromatic rings. The molecule has 13 heavy (non-hydrogen) atoms. The van der Waals surface area contributed by atoms with Gasteiger partial charge in [-0.3, -0.25) is 0 Å². The normalized spacial score (nSPS) is 17.5. The van der Waals surface area contributed by atoms with Gasteiger partial charge in [-0.25, -0.2) is 0 Å². The molecule has 0 aromatic carbocycles. The number of nitrogens with one attached hydrogen (secondary N) is 1. The molecule has 0 saturated carbocycles. The van der Waals surface area contributed by atoms with E-state index in [2.05, 4.69) is 18.3 Å². The van der Waals surface area contributed by atoms with E-state index in [-0.39, 0.29) is 6.61 Å². The first-order chi connectivity index (χ1) is 6.08. The van der Waals surface area contributed by atoms with Gasteiger partial charge in [-0.15, -0.1) is 0 Å². The molecule has 4 heteroatoms. The number of rotatable bonds is 6. The predicted octanol–water partition coefficient (Wildman–Crippen LogP) is 0.992. The van der Waals surface area contributed by atoms with E-state index in [0.717, 1.165) is 12.2 Å². The SMILES string of the molecule is CNC(C)(C#N)CC(C)SCCO. The number of aliphatic hydroxyl groups is 1. The molecular formula is C9H18N2OS. The van der Waals surface area contributed by atoms with Crippen molar-refractivity contribution in [1.29, 1.82) is 5.26 Å². The van der Waals surface area contributed by atoms with Gasteiger partial charge in [0.15, 0.2) is 0 Å². The molecule has 3 nitrogen and oxygen atoms in total. The maximum atomic E-state index is 8.89. The van der Waals surface area contributed by atoms with Crippen LogP contribution in [0.5, 0.6) is 0 Å². The molecule has 0 fully saturated rings. The molecule has 0 aliphatic rings. The molecule has 0 amide bonds. The van der Waals surface area contributed by atoms with E-state index in [1.807, 2.05) is 6.92 Å². The molecule has 2 unspecified atom stereocenters. The van der Waals surface area contributed by atoms with E-state index < -0.39 is 5.54 Å². The van der Waals surface area contributed by atoms with Crippen LogP contribution >= 0.6 is 11.8 Å². The lowest BCUT2D eigenvalue weighted by Gasteiger charge is -2.24. The average Bonchev–Trinajstić information content (AvgIpc) is 2.14. The molecule has 0 aliphatic carbocycles. The third-order valence-corrected chi connectivity index (χ3v) is 3.14. The Hall–Kier alpha value is -0.240. The average molecular weight is 202 g/mol. The predicted molar refractivity (Wildman–Crippen MR) is 56.7 cm³/mol. The Morgan fingerprint density at radius 3 is 2.69 bits per heavy atom. The second kappa shape index (κ2) is 6.25. The van der Waals surface area contributed by atoms with Crippen LogP contribution in [0, 0.1) is 11.3 Å². The molecular weight excluding hydrogens is 184 g/mol. The molecule has 76 valence electrons. The highest BCUT2D eigenvalue weighted by atomic mass is 32.2. The van der Waals surface area contributed by atoms with Crippen molar-refractivity contribution in [2.24, 2.45) is 0 Å². The van der Waals surface area contributed by atoms with Crippen LogP contribution in [0.1, 0.15) is 20.3 Å². The van der Waals surface area contributed by atoms with Crippen molar-refractivity contribution in [1.82, 2.24) is 5.32 Å². The van der Waals surface area contributed by atoms with Gasteiger partial charge in [-0.2, -0.15) is 17.0 Å². The minimum absolute atomic E-state index is 0.206. The monoisotopic (exact) mass is 202 g/mol. The van der Waals surface area contributed by atoms with Crippen LogP contribution in [-0.2, 0) is 0 Å². The molecule has 0 rings (SSSR count). The van der Waals surface area contributed by atoms with Gasteiger partial charge in [-0.05, 0) is 20.4 Å². The van der Waals surface area contributed by atoms with Crippen LogP contribution < -0.4 is 5.32 Å². The second-order valence-corrected chi connectivity index (χ2v) is 4.85. The molecule has 0 radical (unpaired) electrons. The molecule has 0 saturated heterocycles. The fourth-order valence-electron chi connectivity index (χ4n) is 1.09. The molecule has 0 spiro atoms. The van der Waals surface area contributed by atoms with Crippen molar-refractivity contribution in [3.05, 3.63) is 0 Å². The molecule has 0 aromatic heterocycles. The van der Waals surface area contributed by atoms with Crippen LogP contribution in [0.25, 0.3) is 0 Å². The maximum Gasteiger partial charge on any atom is 0.104 e. The van der Waals surface area contributed by atoms with Gasteiger partial charge in [0.1, 0.15) is 5.54 Å². The Balaban J connectivity index is 3.89. The van der Waals surface area contributed by atoms with Gasteiger partial charge in [-0.1, -0.05) is 6.92 Å². The standard InChI is InChI=1S/C9H18N2OS/c1-8(13-5-4-12)6-9(2,7-10)11-3/h8,11-12H,4-6H2,1-3H3. The highest BCUT2D eigenvalue weighted by Crippen LogP contribution is 2.20. The zero-order chi connectivity index (χ0) is 10.3. The van der Waals surface area contributed by atoms with E-state index in [0.29, 0.717) is 5.25 Å². The van der Waals surface area contributed by atoms with Crippen molar-refractivity contribution in [2.75, 3.05) is 19.4 Å². The first kappa shape index (κ1) is 12.8. The Bertz CT molecular complexity index is 181. The summed E-state index contributed by atoms with van der Waals surface area (Å²) in [4.78, 5) is 0. The lowest BCUT2D eigenvalue weighted by atomic mass is 9.98. The zero-order valence-corrected chi connectivity index (χ0v) is 9.32. The summed E-state index contributed by atoms with van der Waals surface area (Å²) in [6.07, 6.45) is 0.796. The summed E-state index contributed by atoms with van der Waals surface area (Å²) in [7, 11) is 1.80. The van der Waals surface area contributed by atoms with Crippen molar-refractivity contribution < 1.29 is 5.11 Å². The first-order valence-corrected chi connectivity index (χ1v) is 5.45. The lowest BCUT2D eigenvalue weighted by Crippen LogP contribution is -2.40. The van der Waals surface area contributed by atoms with Gasteiger partial charge in [0.2, 0.25) is 0 Å². The summed E-state index contributed by atoms with van der Waals surface area (Å²) in [5.41, 5.74) is -0.443. The number of hydrogen-bond acceptors (Lipinski definition) is 4. The third-order valence-electron chi connectivity index (χ3n) is 1.99. The van der Waals surface area contributed by atoms with Crippen LogP contribution in [0.2, 0.25) is 0 Å². The van der Waals surface area contributed by atoms with E-state index in [4.69, 9.17) is 10.4 Å². The topological polar surface area (TPSA) is 56.0 Å². The zero-order valence-electron chi connectivity index (χ0n) is 8.50. The lowest BCUT2D eigenvalue weighted by molar-refractivity contribution is 0.322. The number of nitrogens with zero attached hydrogens (tertiary/aromatic N) is 1. The van der Waals surface area contributed by atoms with E-state index in [1.54, 1.807) is 18.8 Å². The Kier molecular flexibility index (Phi) is 6.13. The summed E-state index contributed by atoms with van der Waals surface area (Å²) in [6, 6.07) is 2.25. The van der Waals surface area contributed by atoms with Gasteiger partial charge in [0.25, 0.3) is 0 Å². The summed E-state index contributed by atoms with van der Waals surface area (Å²) < 4.78 is 0. The molecule has 0 bridgehead atoms. The van der Waals surface area contributed by atoms with Crippen molar-refractivity contribution in [3.8, 4) is 6.07 Å². The number of hydrogen-bond donors (Lipinski definition) is 2. The Labute approximate surface area is 84.5 Å². The second-order valence-electron chi connectivity index (χ2n) is 3.30. The maximum absolute atomic E-state index is 8.89. The van der Waals surface area contributed by atoms with Crippen LogP contribution in [-0.4, -0.2) is 35.3 Å². The third kappa shape index (κ3) is 5.14. The summed E-state index contributed by atoms with van der Waals surface area (Å²) >= 11 is 1.69. The number of aliphatic hydroxyl groups excluding tert-OH is 1. The fourth-order valence-corrected chi connectivity index (χ4v) is 2.05. The van der Waals surface area contributed by atoms with Gasteiger partial charge >= 0.3 is 0 Å². The summed E-state index contributed by atoms with van der Waals surface area (Å²) in [6.45, 7) is 4.17. The van der Waals surface area contributed by atoms with Crippen LogP contribution in [0.3, 0.4) is 0 Å². The summed E-state index contributed by atoms with van der Waals surface area (Å²) in [5.74, 6) is 0.742. The van der Waals surface area contributed by atoms with E-state index >= 15 is 0 Å². The van der Waals surface area contributed by atoms with E-state index in [1.165, 1.54) is 0 Å². The van der Waals surface area contributed by atoms with E-state index in [9.17, 15) is 0 Å². The first-order valence-electron chi connectivity index (χ1n) is 4.40. The van der Waals surface area contributed by atoms with Crippen LogP contribution in [0.4, 0.5) is 0 Å². The highest BCUT2D eigenvalue weighted by Gasteiger charge is 2.23. The smallest absolute Gasteiger partial charge is 0.104 e. The largest absolute Gasteiger partial charge is 0.396 e. The molecule has 0 aliphatic heterocycles. The number of thioether (sulfide) groups is 1. The molecule has 2 atom stereocenters.